The number of carbonyl (C=O) groups is 1. The van der Waals surface area contributed by atoms with Crippen LogP contribution in [0.25, 0.3) is 0 Å². The number of hydrazone groups is 1. The monoisotopic (exact) mass is 200 g/mol. The molecule has 1 amide bonds. The van der Waals surface area contributed by atoms with Crippen molar-refractivity contribution in [2.45, 2.75) is 12.8 Å². The van der Waals surface area contributed by atoms with Gasteiger partial charge in [-0.3, -0.25) is 4.79 Å². The second-order valence-corrected chi connectivity index (χ2v) is 4.13. The third-order valence-electron chi connectivity index (χ3n) is 3.32. The maximum atomic E-state index is 11.4. The third kappa shape index (κ3) is 1.27. The Morgan fingerprint density at radius 1 is 1.13 bits per heavy atom. The van der Waals surface area contributed by atoms with Crippen LogP contribution < -0.4 is 5.43 Å². The van der Waals surface area contributed by atoms with Crippen molar-refractivity contribution in [3.05, 3.63) is 35.9 Å². The zero-order valence-electron chi connectivity index (χ0n) is 8.31. The molecule has 0 spiro atoms. The van der Waals surface area contributed by atoms with E-state index in [4.69, 9.17) is 0 Å². The fourth-order valence-corrected chi connectivity index (χ4v) is 2.31. The number of rotatable bonds is 1. The third-order valence-corrected chi connectivity index (χ3v) is 3.32. The molecule has 3 heteroatoms. The van der Waals surface area contributed by atoms with Gasteiger partial charge in [0.15, 0.2) is 0 Å². The van der Waals surface area contributed by atoms with Crippen LogP contribution in [-0.2, 0) is 4.79 Å². The molecule has 1 aromatic carbocycles. The molecule has 2 unspecified atom stereocenters. The van der Waals surface area contributed by atoms with Crippen LogP contribution in [0.3, 0.4) is 0 Å². The average Bonchev–Trinajstić information content (AvgIpc) is 2.22. The first-order chi connectivity index (χ1) is 7.36. The number of hydrogen-bond acceptors (Lipinski definition) is 2. The molecule has 0 bridgehead atoms. The summed E-state index contributed by atoms with van der Waals surface area (Å²) in [5.41, 5.74) is 4.79. The average molecular weight is 200 g/mol. The Morgan fingerprint density at radius 2 is 1.87 bits per heavy atom. The molecule has 1 aromatic rings. The van der Waals surface area contributed by atoms with Crippen LogP contribution in [0.1, 0.15) is 18.4 Å². The van der Waals surface area contributed by atoms with Crippen LogP contribution in [0, 0.1) is 11.8 Å². The maximum Gasteiger partial charge on any atom is 0.243 e. The van der Waals surface area contributed by atoms with E-state index in [1.165, 1.54) is 0 Å². The van der Waals surface area contributed by atoms with E-state index in [1.54, 1.807) is 0 Å². The van der Waals surface area contributed by atoms with E-state index in [0.29, 0.717) is 5.92 Å². The molecule has 1 heterocycles. The quantitative estimate of drug-likeness (QED) is 0.734. The van der Waals surface area contributed by atoms with E-state index in [0.717, 1.165) is 24.1 Å². The van der Waals surface area contributed by atoms with Gasteiger partial charge >= 0.3 is 0 Å². The summed E-state index contributed by atoms with van der Waals surface area (Å²) in [6.45, 7) is 0. The largest absolute Gasteiger partial charge is 0.273 e. The van der Waals surface area contributed by atoms with Gasteiger partial charge in [0.1, 0.15) is 0 Å². The summed E-state index contributed by atoms with van der Waals surface area (Å²) in [6.07, 6.45) is 2.09. The van der Waals surface area contributed by atoms with E-state index in [-0.39, 0.29) is 11.8 Å². The second kappa shape index (κ2) is 3.19. The van der Waals surface area contributed by atoms with Gasteiger partial charge in [-0.2, -0.15) is 5.10 Å². The predicted octanol–water partition coefficient (Wildman–Crippen LogP) is 1.55. The van der Waals surface area contributed by atoms with Gasteiger partial charge < -0.3 is 0 Å². The van der Waals surface area contributed by atoms with Crippen LogP contribution in [0.2, 0.25) is 0 Å². The number of benzene rings is 1. The molecule has 2 aliphatic rings. The zero-order valence-corrected chi connectivity index (χ0v) is 8.31. The molecule has 0 aromatic heterocycles. The first-order valence-corrected chi connectivity index (χ1v) is 5.29. The van der Waals surface area contributed by atoms with Crippen molar-refractivity contribution in [2.75, 3.05) is 0 Å². The lowest BCUT2D eigenvalue weighted by Crippen LogP contribution is -2.47. The SMILES string of the molecule is O=C1NN=C(c2ccccc2)C2CCC12. The first kappa shape index (κ1) is 8.65. The van der Waals surface area contributed by atoms with Crippen LogP contribution in [0.4, 0.5) is 0 Å². The Bertz CT molecular complexity index is 425. The summed E-state index contributed by atoms with van der Waals surface area (Å²) in [7, 11) is 0. The second-order valence-electron chi connectivity index (χ2n) is 4.13. The van der Waals surface area contributed by atoms with Crippen molar-refractivity contribution in [3.63, 3.8) is 0 Å². The van der Waals surface area contributed by atoms with Crippen molar-refractivity contribution in [2.24, 2.45) is 16.9 Å². The van der Waals surface area contributed by atoms with Gasteiger partial charge in [-0.15, -0.1) is 0 Å². The smallest absolute Gasteiger partial charge is 0.243 e. The highest BCUT2D eigenvalue weighted by atomic mass is 16.2. The first-order valence-electron chi connectivity index (χ1n) is 5.29. The van der Waals surface area contributed by atoms with E-state index in [1.807, 2.05) is 30.3 Å². The minimum atomic E-state index is 0.0888. The van der Waals surface area contributed by atoms with Gasteiger partial charge in [0.05, 0.1) is 5.71 Å². The van der Waals surface area contributed by atoms with E-state index >= 15 is 0 Å². The van der Waals surface area contributed by atoms with Crippen molar-refractivity contribution in [3.8, 4) is 0 Å². The van der Waals surface area contributed by atoms with Crippen LogP contribution in [0.15, 0.2) is 35.4 Å². The van der Waals surface area contributed by atoms with Gasteiger partial charge in [-0.1, -0.05) is 30.3 Å². The lowest BCUT2D eigenvalue weighted by atomic mass is 9.68. The van der Waals surface area contributed by atoms with Crippen molar-refractivity contribution >= 4 is 11.6 Å². The van der Waals surface area contributed by atoms with E-state index in [2.05, 4.69) is 10.5 Å². The molecule has 15 heavy (non-hydrogen) atoms. The summed E-state index contributed by atoms with van der Waals surface area (Å²) in [6, 6.07) is 10.1. The van der Waals surface area contributed by atoms with Gasteiger partial charge in [-0.05, 0) is 18.4 Å². The topological polar surface area (TPSA) is 41.5 Å². The number of amides is 1. The molecule has 3 rings (SSSR count). The minimum Gasteiger partial charge on any atom is -0.273 e. The predicted molar refractivity (Wildman–Crippen MR) is 57.3 cm³/mol. The summed E-state index contributed by atoms with van der Waals surface area (Å²) in [5.74, 6) is 0.602. The summed E-state index contributed by atoms with van der Waals surface area (Å²) < 4.78 is 0. The summed E-state index contributed by atoms with van der Waals surface area (Å²) >= 11 is 0. The molecule has 1 aliphatic carbocycles. The molecule has 1 fully saturated rings. The Labute approximate surface area is 88.2 Å². The normalized spacial score (nSPS) is 28.5. The lowest BCUT2D eigenvalue weighted by molar-refractivity contribution is -0.129. The Hall–Kier alpha value is -1.64. The number of nitrogens with zero attached hydrogens (tertiary/aromatic N) is 1. The molecule has 0 radical (unpaired) electrons. The van der Waals surface area contributed by atoms with Crippen LogP contribution in [0.5, 0.6) is 0 Å². The molecule has 1 aliphatic heterocycles. The molecular formula is C12H12N2O. The highest BCUT2D eigenvalue weighted by molar-refractivity contribution is 6.07. The number of nitrogens with one attached hydrogen (secondary N) is 1. The number of fused-ring (bicyclic) bond motifs is 1. The van der Waals surface area contributed by atoms with E-state index < -0.39 is 0 Å². The van der Waals surface area contributed by atoms with Gasteiger partial charge in [0.25, 0.3) is 0 Å². The number of carbonyl (C=O) groups excluding carboxylic acids is 1. The Morgan fingerprint density at radius 3 is 2.53 bits per heavy atom. The van der Waals surface area contributed by atoms with Crippen LogP contribution >= 0.6 is 0 Å². The molecule has 0 saturated heterocycles. The van der Waals surface area contributed by atoms with Crippen molar-refractivity contribution in [1.82, 2.24) is 5.43 Å². The molecule has 1 N–H and O–H groups in total. The van der Waals surface area contributed by atoms with Gasteiger partial charge in [0, 0.05) is 11.8 Å². The Balaban J connectivity index is 1.97. The van der Waals surface area contributed by atoms with Crippen molar-refractivity contribution < 1.29 is 4.79 Å². The fraction of sp³-hybridized carbons (Fsp3) is 0.333. The van der Waals surface area contributed by atoms with Crippen molar-refractivity contribution in [1.29, 1.82) is 0 Å². The Kier molecular flexibility index (Phi) is 1.84. The molecule has 1 saturated carbocycles. The highest BCUT2D eigenvalue weighted by Gasteiger charge is 2.42. The van der Waals surface area contributed by atoms with E-state index in [9.17, 15) is 4.79 Å². The standard InChI is InChI=1S/C12H12N2O/c15-12-10-7-6-9(10)11(13-14-12)8-4-2-1-3-5-8/h1-5,9-10H,6-7H2,(H,14,15). The number of hydrogen-bond donors (Lipinski definition) is 1. The maximum absolute atomic E-state index is 11.4. The van der Waals surface area contributed by atoms with Gasteiger partial charge in [0.2, 0.25) is 5.91 Å². The molecular weight excluding hydrogens is 188 g/mol. The zero-order chi connectivity index (χ0) is 10.3. The van der Waals surface area contributed by atoms with Crippen LogP contribution in [-0.4, -0.2) is 11.6 Å². The van der Waals surface area contributed by atoms with Gasteiger partial charge in [-0.25, -0.2) is 5.43 Å². The molecule has 2 atom stereocenters. The molecule has 76 valence electrons. The lowest BCUT2D eigenvalue weighted by Gasteiger charge is -2.38. The summed E-state index contributed by atoms with van der Waals surface area (Å²) in [5, 5.41) is 4.18. The minimum absolute atomic E-state index is 0.0888. The molecule has 3 nitrogen and oxygen atoms in total. The summed E-state index contributed by atoms with van der Waals surface area (Å²) in [4.78, 5) is 11.4. The highest BCUT2D eigenvalue weighted by Crippen LogP contribution is 2.38. The fourth-order valence-electron chi connectivity index (χ4n) is 2.31.